The van der Waals surface area contributed by atoms with E-state index in [0.29, 0.717) is 6.54 Å². The molecular weight excluding hydrogens is 212 g/mol. The van der Waals surface area contributed by atoms with E-state index in [9.17, 15) is 8.78 Å². The van der Waals surface area contributed by atoms with E-state index in [1.807, 2.05) is 31.2 Å². The van der Waals surface area contributed by atoms with Crippen molar-refractivity contribution in [3.05, 3.63) is 35.4 Å². The summed E-state index contributed by atoms with van der Waals surface area (Å²) in [6, 6.07) is 7.73. The highest BCUT2D eigenvalue weighted by atomic mass is 19.3. The molecule has 0 aliphatic carbocycles. The monoisotopic (exact) mass is 229 g/mol. The van der Waals surface area contributed by atoms with Crippen LogP contribution in [0.3, 0.4) is 0 Å². The Balaban J connectivity index is 2.49. The number of hydrogen-bond donors (Lipinski definition) is 2. The lowest BCUT2D eigenvalue weighted by atomic mass is 10.1. The van der Waals surface area contributed by atoms with Crippen LogP contribution >= 0.6 is 0 Å². The van der Waals surface area contributed by atoms with Gasteiger partial charge in [-0.25, -0.2) is 8.78 Å². The normalized spacial score (nSPS) is 11.8. The summed E-state index contributed by atoms with van der Waals surface area (Å²) in [4.78, 5) is 0. The lowest BCUT2D eigenvalue weighted by Crippen LogP contribution is -2.35. The van der Waals surface area contributed by atoms with Gasteiger partial charge in [-0.15, -0.1) is 0 Å². The zero-order valence-electron chi connectivity index (χ0n) is 9.34. The molecular formula is C12H17F2NO. The van der Waals surface area contributed by atoms with Gasteiger partial charge >= 0.3 is 0 Å². The van der Waals surface area contributed by atoms with Gasteiger partial charge in [-0.2, -0.15) is 0 Å². The van der Waals surface area contributed by atoms with E-state index in [1.165, 1.54) is 0 Å². The lowest BCUT2D eigenvalue weighted by molar-refractivity contribution is -0.0477. The third-order valence-electron chi connectivity index (χ3n) is 2.43. The van der Waals surface area contributed by atoms with E-state index >= 15 is 0 Å². The summed E-state index contributed by atoms with van der Waals surface area (Å²) in [5.74, 6) is -3.04. The Bertz CT molecular complexity index is 329. The number of halogens is 2. The third kappa shape index (κ3) is 3.87. The number of benzene rings is 1. The molecule has 2 N–H and O–H groups in total. The molecule has 0 heterocycles. The lowest BCUT2D eigenvalue weighted by Gasteiger charge is -2.15. The number of alkyl halides is 2. The van der Waals surface area contributed by atoms with Crippen molar-refractivity contribution in [1.82, 2.24) is 5.32 Å². The first-order valence-corrected chi connectivity index (χ1v) is 5.35. The molecule has 0 radical (unpaired) electrons. The van der Waals surface area contributed by atoms with Crippen molar-refractivity contribution in [2.75, 3.05) is 13.2 Å². The predicted molar refractivity (Wildman–Crippen MR) is 59.6 cm³/mol. The second kappa shape index (κ2) is 5.92. The van der Waals surface area contributed by atoms with Gasteiger partial charge in [0.25, 0.3) is 5.92 Å². The van der Waals surface area contributed by atoms with E-state index in [0.717, 1.165) is 17.5 Å². The van der Waals surface area contributed by atoms with Crippen molar-refractivity contribution in [1.29, 1.82) is 0 Å². The zero-order valence-corrected chi connectivity index (χ0v) is 9.34. The number of aryl methyl sites for hydroxylation is 1. The first kappa shape index (κ1) is 13.1. The summed E-state index contributed by atoms with van der Waals surface area (Å²) in [7, 11) is 0. The minimum Gasteiger partial charge on any atom is -0.390 e. The zero-order chi connectivity index (χ0) is 12.0. The number of hydrogen-bond acceptors (Lipinski definition) is 2. The van der Waals surface area contributed by atoms with Gasteiger partial charge in [0.1, 0.15) is 6.61 Å². The minimum atomic E-state index is -3.04. The summed E-state index contributed by atoms with van der Waals surface area (Å²) in [6.07, 6.45) is 0.883. The summed E-state index contributed by atoms with van der Waals surface area (Å²) >= 11 is 0. The molecule has 0 aliphatic heterocycles. The van der Waals surface area contributed by atoms with Crippen molar-refractivity contribution >= 4 is 0 Å². The van der Waals surface area contributed by atoms with Crippen LogP contribution in [-0.2, 0) is 13.0 Å². The van der Waals surface area contributed by atoms with Crippen LogP contribution in [0.1, 0.15) is 18.1 Å². The molecule has 0 aliphatic rings. The molecule has 0 aromatic heterocycles. The molecule has 0 bridgehead atoms. The summed E-state index contributed by atoms with van der Waals surface area (Å²) in [6.45, 7) is 0.817. The van der Waals surface area contributed by atoms with Crippen LogP contribution in [0.15, 0.2) is 24.3 Å². The fraction of sp³-hybridized carbons (Fsp3) is 0.500. The van der Waals surface area contributed by atoms with Crippen molar-refractivity contribution in [2.24, 2.45) is 0 Å². The Kier molecular flexibility index (Phi) is 4.83. The maximum absolute atomic E-state index is 12.7. The molecule has 0 saturated heterocycles. The van der Waals surface area contributed by atoms with Crippen LogP contribution in [0, 0.1) is 0 Å². The molecule has 0 saturated carbocycles. The Hall–Kier alpha value is -1.00. The molecule has 16 heavy (non-hydrogen) atoms. The van der Waals surface area contributed by atoms with E-state index in [2.05, 4.69) is 5.32 Å². The van der Waals surface area contributed by atoms with Crippen molar-refractivity contribution in [2.45, 2.75) is 25.8 Å². The summed E-state index contributed by atoms with van der Waals surface area (Å²) in [5.41, 5.74) is 2.18. The van der Waals surface area contributed by atoms with Crippen LogP contribution in [0.2, 0.25) is 0 Å². The van der Waals surface area contributed by atoms with Crippen molar-refractivity contribution < 1.29 is 13.9 Å². The van der Waals surface area contributed by atoms with Gasteiger partial charge in [-0.1, -0.05) is 31.2 Å². The summed E-state index contributed by atoms with van der Waals surface area (Å²) in [5, 5.41) is 11.1. The maximum Gasteiger partial charge on any atom is 0.282 e. The van der Waals surface area contributed by atoms with E-state index in [4.69, 9.17) is 5.11 Å². The molecule has 0 fully saturated rings. The molecule has 0 atom stereocenters. The molecule has 1 rings (SSSR count). The first-order chi connectivity index (χ1) is 7.59. The number of aliphatic hydroxyl groups is 1. The highest BCUT2D eigenvalue weighted by Gasteiger charge is 2.26. The topological polar surface area (TPSA) is 32.3 Å². The second-order valence-electron chi connectivity index (χ2n) is 3.74. The van der Waals surface area contributed by atoms with Gasteiger partial charge in [0.05, 0.1) is 6.54 Å². The molecule has 0 spiro atoms. The largest absolute Gasteiger partial charge is 0.390 e. The van der Waals surface area contributed by atoms with E-state index in [1.54, 1.807) is 0 Å². The maximum atomic E-state index is 12.7. The van der Waals surface area contributed by atoms with Gasteiger partial charge in [0.15, 0.2) is 0 Å². The highest BCUT2D eigenvalue weighted by molar-refractivity contribution is 5.26. The Morgan fingerprint density at radius 3 is 2.44 bits per heavy atom. The molecule has 0 unspecified atom stereocenters. The Morgan fingerprint density at radius 1 is 1.25 bits per heavy atom. The number of rotatable bonds is 6. The minimum absolute atomic E-state index is 0.402. The van der Waals surface area contributed by atoms with Gasteiger partial charge in [-0.3, -0.25) is 0 Å². The van der Waals surface area contributed by atoms with Crippen LogP contribution in [0.4, 0.5) is 8.78 Å². The van der Waals surface area contributed by atoms with E-state index in [-0.39, 0.29) is 0 Å². The number of nitrogens with one attached hydrogen (secondary N) is 1. The molecule has 90 valence electrons. The van der Waals surface area contributed by atoms with Gasteiger partial charge < -0.3 is 10.4 Å². The quantitative estimate of drug-likeness (QED) is 0.781. The smallest absolute Gasteiger partial charge is 0.282 e. The SMILES string of the molecule is CCc1ccccc1CNCC(F)(F)CO. The van der Waals surface area contributed by atoms with Gasteiger partial charge in [0, 0.05) is 6.54 Å². The number of aliphatic hydroxyl groups excluding tert-OH is 1. The molecule has 4 heteroatoms. The summed E-state index contributed by atoms with van der Waals surface area (Å²) < 4.78 is 25.5. The average Bonchev–Trinajstić information content (AvgIpc) is 2.29. The highest BCUT2D eigenvalue weighted by Crippen LogP contribution is 2.12. The second-order valence-corrected chi connectivity index (χ2v) is 3.74. The first-order valence-electron chi connectivity index (χ1n) is 5.35. The molecule has 1 aromatic rings. The fourth-order valence-corrected chi connectivity index (χ4v) is 1.51. The van der Waals surface area contributed by atoms with Crippen molar-refractivity contribution in [3.8, 4) is 0 Å². The van der Waals surface area contributed by atoms with Gasteiger partial charge in [0.2, 0.25) is 0 Å². The molecule has 2 nitrogen and oxygen atoms in total. The van der Waals surface area contributed by atoms with Crippen LogP contribution in [0.5, 0.6) is 0 Å². The van der Waals surface area contributed by atoms with Crippen LogP contribution in [-0.4, -0.2) is 24.2 Å². The predicted octanol–water partition coefficient (Wildman–Crippen LogP) is 1.97. The Labute approximate surface area is 94.3 Å². The average molecular weight is 229 g/mol. The van der Waals surface area contributed by atoms with Crippen LogP contribution in [0.25, 0.3) is 0 Å². The fourth-order valence-electron chi connectivity index (χ4n) is 1.51. The third-order valence-corrected chi connectivity index (χ3v) is 2.43. The standard InChI is InChI=1S/C12H17F2NO/c1-2-10-5-3-4-6-11(10)7-15-8-12(13,14)9-16/h3-6,15-16H,2,7-9H2,1H3. The van der Waals surface area contributed by atoms with Gasteiger partial charge in [-0.05, 0) is 17.5 Å². The van der Waals surface area contributed by atoms with Crippen molar-refractivity contribution in [3.63, 3.8) is 0 Å². The van der Waals surface area contributed by atoms with E-state index < -0.39 is 19.1 Å². The molecule has 1 aromatic carbocycles. The Morgan fingerprint density at radius 2 is 1.88 bits per heavy atom. The van der Waals surface area contributed by atoms with Crippen LogP contribution < -0.4 is 5.32 Å². The molecule has 0 amide bonds.